The highest BCUT2D eigenvalue weighted by atomic mass is 35.5. The Morgan fingerprint density at radius 1 is 1.19 bits per heavy atom. The largest absolute Gasteiger partial charge is 0.307 e. The zero-order chi connectivity index (χ0) is 18.3. The van der Waals surface area contributed by atoms with Crippen molar-refractivity contribution in [2.75, 3.05) is 11.4 Å². The quantitative estimate of drug-likeness (QED) is 0.652. The van der Waals surface area contributed by atoms with Crippen LogP contribution in [0.25, 0.3) is 5.69 Å². The van der Waals surface area contributed by atoms with Gasteiger partial charge in [-0.2, -0.15) is 5.10 Å². The van der Waals surface area contributed by atoms with Gasteiger partial charge in [0.2, 0.25) is 0 Å². The first-order chi connectivity index (χ1) is 12.5. The lowest BCUT2D eigenvalue weighted by atomic mass is 9.99. The van der Waals surface area contributed by atoms with Crippen LogP contribution in [0.15, 0.2) is 43.0 Å². The van der Waals surface area contributed by atoms with Crippen LogP contribution in [0.3, 0.4) is 0 Å². The standard InChI is InChI=1S/C19H16Cl2N4O/c1-12-7-15(25-11-22-10-23-25)4-5-16(12)19(26)24-6-2-3-13-8-14(20)9-17(21)18(13)24/h4-5,7-11H,2-3,6H2,1H3. The summed E-state index contributed by atoms with van der Waals surface area (Å²) in [5, 5.41) is 5.23. The Kier molecular flexibility index (Phi) is 4.42. The Labute approximate surface area is 161 Å². The van der Waals surface area contributed by atoms with Crippen molar-refractivity contribution in [2.24, 2.45) is 0 Å². The number of aryl methyl sites for hydroxylation is 2. The van der Waals surface area contributed by atoms with Gasteiger partial charge in [0.05, 0.1) is 16.4 Å². The fraction of sp³-hybridized carbons (Fsp3) is 0.211. The third-order valence-corrected chi connectivity index (χ3v) is 5.08. The van der Waals surface area contributed by atoms with Gasteiger partial charge in [0, 0.05) is 17.1 Å². The minimum atomic E-state index is -0.0576. The van der Waals surface area contributed by atoms with E-state index in [2.05, 4.69) is 10.1 Å². The van der Waals surface area contributed by atoms with E-state index < -0.39 is 0 Å². The van der Waals surface area contributed by atoms with E-state index in [1.165, 1.54) is 6.33 Å². The zero-order valence-electron chi connectivity index (χ0n) is 14.1. The van der Waals surface area contributed by atoms with Gasteiger partial charge in [-0.1, -0.05) is 23.2 Å². The van der Waals surface area contributed by atoms with Gasteiger partial charge in [-0.05, 0) is 61.2 Å². The second-order valence-electron chi connectivity index (χ2n) is 6.29. The van der Waals surface area contributed by atoms with Crippen LogP contribution in [0.2, 0.25) is 10.0 Å². The minimum absolute atomic E-state index is 0.0576. The number of amides is 1. The molecule has 0 spiro atoms. The van der Waals surface area contributed by atoms with E-state index >= 15 is 0 Å². The molecule has 0 atom stereocenters. The SMILES string of the molecule is Cc1cc(-n2cncn2)ccc1C(=O)N1CCCc2cc(Cl)cc(Cl)c21. The maximum absolute atomic E-state index is 13.2. The van der Waals surface area contributed by atoms with Crippen LogP contribution in [-0.4, -0.2) is 27.2 Å². The average Bonchev–Trinajstić information content (AvgIpc) is 3.15. The number of hydrogen-bond donors (Lipinski definition) is 0. The predicted octanol–water partition coefficient (Wildman–Crippen LogP) is 4.48. The topological polar surface area (TPSA) is 51.0 Å². The average molecular weight is 387 g/mol. The van der Waals surface area contributed by atoms with Crippen LogP contribution in [0.5, 0.6) is 0 Å². The molecule has 3 aromatic rings. The number of carbonyl (C=O) groups excluding carboxylic acids is 1. The predicted molar refractivity (Wildman–Crippen MR) is 103 cm³/mol. The lowest BCUT2D eigenvalue weighted by Gasteiger charge is -2.31. The molecule has 7 heteroatoms. The summed E-state index contributed by atoms with van der Waals surface area (Å²) in [6.07, 6.45) is 4.85. The van der Waals surface area contributed by atoms with E-state index in [9.17, 15) is 4.79 Å². The molecule has 1 amide bonds. The number of carbonyl (C=O) groups is 1. The number of rotatable bonds is 2. The van der Waals surface area contributed by atoms with Crippen molar-refractivity contribution in [3.8, 4) is 5.69 Å². The molecule has 0 unspecified atom stereocenters. The normalized spacial score (nSPS) is 13.6. The first kappa shape index (κ1) is 17.1. The van der Waals surface area contributed by atoms with Crippen LogP contribution < -0.4 is 4.90 Å². The second-order valence-corrected chi connectivity index (χ2v) is 7.14. The van der Waals surface area contributed by atoms with Crippen LogP contribution in [0.4, 0.5) is 5.69 Å². The third kappa shape index (κ3) is 2.97. The molecular formula is C19H16Cl2N4O. The fourth-order valence-electron chi connectivity index (χ4n) is 3.37. The highest BCUT2D eigenvalue weighted by molar-refractivity contribution is 6.37. The molecule has 1 aliphatic rings. The smallest absolute Gasteiger partial charge is 0.258 e. The monoisotopic (exact) mass is 386 g/mol. The highest BCUT2D eigenvalue weighted by Gasteiger charge is 2.27. The number of anilines is 1. The van der Waals surface area contributed by atoms with Crippen molar-refractivity contribution in [3.05, 3.63) is 69.7 Å². The van der Waals surface area contributed by atoms with Crippen LogP contribution in [0.1, 0.15) is 27.9 Å². The lowest BCUT2D eigenvalue weighted by molar-refractivity contribution is 0.0984. The van der Waals surface area contributed by atoms with Crippen LogP contribution in [0, 0.1) is 6.92 Å². The molecule has 0 aliphatic carbocycles. The van der Waals surface area contributed by atoms with Crippen LogP contribution >= 0.6 is 23.2 Å². The van der Waals surface area contributed by atoms with Gasteiger partial charge in [0.15, 0.2) is 0 Å². The maximum Gasteiger partial charge on any atom is 0.258 e. The van der Waals surface area contributed by atoms with Gasteiger partial charge in [-0.15, -0.1) is 0 Å². The highest BCUT2D eigenvalue weighted by Crippen LogP contribution is 2.37. The summed E-state index contributed by atoms with van der Waals surface area (Å²) in [7, 11) is 0. The molecule has 1 aromatic heterocycles. The molecule has 26 heavy (non-hydrogen) atoms. The number of nitrogens with zero attached hydrogens (tertiary/aromatic N) is 4. The molecule has 5 nitrogen and oxygen atoms in total. The van der Waals surface area contributed by atoms with Gasteiger partial charge >= 0.3 is 0 Å². The van der Waals surface area contributed by atoms with Crippen molar-refractivity contribution in [1.29, 1.82) is 0 Å². The van der Waals surface area contributed by atoms with E-state index in [1.807, 2.05) is 31.2 Å². The number of halogens is 2. The summed E-state index contributed by atoms with van der Waals surface area (Å²) >= 11 is 12.5. The fourth-order valence-corrected chi connectivity index (χ4v) is 4.01. The minimum Gasteiger partial charge on any atom is -0.307 e. The molecule has 0 N–H and O–H groups in total. The van der Waals surface area contributed by atoms with Crippen molar-refractivity contribution in [3.63, 3.8) is 0 Å². The number of hydrogen-bond acceptors (Lipinski definition) is 3. The van der Waals surface area contributed by atoms with Crippen molar-refractivity contribution in [1.82, 2.24) is 14.8 Å². The van der Waals surface area contributed by atoms with E-state index in [0.29, 0.717) is 22.2 Å². The Bertz CT molecular complexity index is 985. The summed E-state index contributed by atoms with van der Waals surface area (Å²) in [6.45, 7) is 2.56. The molecule has 0 radical (unpaired) electrons. The Balaban J connectivity index is 1.72. The molecule has 0 bridgehead atoms. The summed E-state index contributed by atoms with van der Waals surface area (Å²) < 4.78 is 1.66. The molecule has 0 saturated heterocycles. The van der Waals surface area contributed by atoms with Crippen molar-refractivity contribution in [2.45, 2.75) is 19.8 Å². The molecule has 1 aliphatic heterocycles. The number of aromatic nitrogens is 3. The van der Waals surface area contributed by atoms with E-state index in [-0.39, 0.29) is 5.91 Å². The summed E-state index contributed by atoms with van der Waals surface area (Å²) in [4.78, 5) is 18.9. The van der Waals surface area contributed by atoms with Gasteiger partial charge in [0.25, 0.3) is 5.91 Å². The van der Waals surface area contributed by atoms with E-state index in [4.69, 9.17) is 23.2 Å². The van der Waals surface area contributed by atoms with Gasteiger partial charge in [-0.3, -0.25) is 4.79 Å². The first-order valence-electron chi connectivity index (χ1n) is 8.30. The molecule has 0 saturated carbocycles. The zero-order valence-corrected chi connectivity index (χ0v) is 15.6. The molecule has 4 rings (SSSR count). The van der Waals surface area contributed by atoms with Crippen molar-refractivity contribution < 1.29 is 4.79 Å². The Morgan fingerprint density at radius 2 is 2.04 bits per heavy atom. The third-order valence-electron chi connectivity index (χ3n) is 4.57. The first-order valence-corrected chi connectivity index (χ1v) is 9.05. The second kappa shape index (κ2) is 6.74. The summed E-state index contributed by atoms with van der Waals surface area (Å²) in [5.41, 5.74) is 4.17. The summed E-state index contributed by atoms with van der Waals surface area (Å²) in [5.74, 6) is -0.0576. The molecule has 0 fully saturated rings. The van der Waals surface area contributed by atoms with E-state index in [1.54, 1.807) is 22.0 Å². The van der Waals surface area contributed by atoms with Crippen LogP contribution in [-0.2, 0) is 6.42 Å². The molecular weight excluding hydrogens is 371 g/mol. The molecule has 2 aromatic carbocycles. The lowest BCUT2D eigenvalue weighted by Crippen LogP contribution is -2.36. The van der Waals surface area contributed by atoms with E-state index in [0.717, 1.165) is 35.3 Å². The number of fused-ring (bicyclic) bond motifs is 1. The molecule has 2 heterocycles. The van der Waals surface area contributed by atoms with Gasteiger partial charge in [0.1, 0.15) is 12.7 Å². The molecule has 132 valence electrons. The van der Waals surface area contributed by atoms with Gasteiger partial charge in [-0.25, -0.2) is 9.67 Å². The summed E-state index contributed by atoms with van der Waals surface area (Å²) in [6, 6.07) is 9.20. The maximum atomic E-state index is 13.2. The Hall–Kier alpha value is -2.37. The number of benzene rings is 2. The Morgan fingerprint density at radius 3 is 2.77 bits per heavy atom. The van der Waals surface area contributed by atoms with Gasteiger partial charge < -0.3 is 4.90 Å². The van der Waals surface area contributed by atoms with Crippen molar-refractivity contribution >= 4 is 34.8 Å².